The Balaban J connectivity index is 2.27. The van der Waals surface area contributed by atoms with Gasteiger partial charge >= 0.3 is 0 Å². The van der Waals surface area contributed by atoms with E-state index in [1.165, 1.54) is 6.33 Å². The first-order valence-corrected chi connectivity index (χ1v) is 7.30. The van der Waals surface area contributed by atoms with E-state index in [1.54, 1.807) is 18.5 Å². The van der Waals surface area contributed by atoms with E-state index in [0.717, 1.165) is 11.1 Å². The second-order valence-electron chi connectivity index (χ2n) is 5.18. The van der Waals surface area contributed by atoms with Gasteiger partial charge in [0.1, 0.15) is 11.9 Å². The van der Waals surface area contributed by atoms with Gasteiger partial charge in [0.2, 0.25) is 0 Å². The Morgan fingerprint density at radius 3 is 2.18 bits per heavy atom. The fourth-order valence-electron chi connectivity index (χ4n) is 2.51. The molecule has 0 saturated heterocycles. The molecule has 0 radical (unpaired) electrons. The Morgan fingerprint density at radius 2 is 1.55 bits per heavy atom. The van der Waals surface area contributed by atoms with Crippen LogP contribution in [0.5, 0.6) is 0 Å². The maximum Gasteiger partial charge on any atom is 0.144 e. The van der Waals surface area contributed by atoms with Crippen LogP contribution in [0.1, 0.15) is 22.3 Å². The van der Waals surface area contributed by atoms with Crippen molar-refractivity contribution < 1.29 is 5.11 Å². The summed E-state index contributed by atoms with van der Waals surface area (Å²) < 4.78 is 0. The molecule has 0 aliphatic rings. The van der Waals surface area contributed by atoms with Gasteiger partial charge < -0.3 is 5.11 Å². The molecular formula is C18H15ClN2O. The first-order valence-electron chi connectivity index (χ1n) is 6.92. The SMILES string of the molecule is Cc1ccc(C(O)(c2cncnc2)c2ccccc2Cl)cc1. The van der Waals surface area contributed by atoms with Crippen molar-refractivity contribution >= 4 is 11.6 Å². The van der Waals surface area contributed by atoms with Gasteiger partial charge in [0, 0.05) is 28.5 Å². The molecule has 4 heteroatoms. The summed E-state index contributed by atoms with van der Waals surface area (Å²) in [5.41, 5.74) is 1.63. The molecule has 3 nitrogen and oxygen atoms in total. The monoisotopic (exact) mass is 310 g/mol. The minimum atomic E-state index is -1.40. The number of hydrogen-bond acceptors (Lipinski definition) is 3. The number of benzene rings is 2. The molecule has 0 spiro atoms. The summed E-state index contributed by atoms with van der Waals surface area (Å²) >= 11 is 6.34. The van der Waals surface area contributed by atoms with Crippen LogP contribution in [0.3, 0.4) is 0 Å². The van der Waals surface area contributed by atoms with Gasteiger partial charge in [-0.25, -0.2) is 9.97 Å². The van der Waals surface area contributed by atoms with Crippen LogP contribution in [-0.2, 0) is 5.60 Å². The van der Waals surface area contributed by atoms with E-state index in [4.69, 9.17) is 11.6 Å². The smallest absolute Gasteiger partial charge is 0.144 e. The Labute approximate surface area is 134 Å². The van der Waals surface area contributed by atoms with Crippen LogP contribution in [0, 0.1) is 6.92 Å². The van der Waals surface area contributed by atoms with Gasteiger partial charge in [0.15, 0.2) is 0 Å². The molecule has 0 aliphatic heterocycles. The second-order valence-corrected chi connectivity index (χ2v) is 5.59. The lowest BCUT2D eigenvalue weighted by Crippen LogP contribution is -2.29. The lowest BCUT2D eigenvalue weighted by Gasteiger charge is -2.30. The van der Waals surface area contributed by atoms with Crippen LogP contribution >= 0.6 is 11.6 Å². The van der Waals surface area contributed by atoms with Crippen LogP contribution in [0.15, 0.2) is 67.3 Å². The topological polar surface area (TPSA) is 46.0 Å². The number of hydrogen-bond donors (Lipinski definition) is 1. The van der Waals surface area contributed by atoms with E-state index in [1.807, 2.05) is 49.4 Å². The Bertz CT molecular complexity index is 775. The molecule has 110 valence electrons. The molecule has 3 aromatic rings. The summed E-state index contributed by atoms with van der Waals surface area (Å²) in [5.74, 6) is 0. The minimum Gasteiger partial charge on any atom is -0.376 e. The molecule has 1 unspecified atom stereocenters. The van der Waals surface area contributed by atoms with Gasteiger partial charge in [-0.15, -0.1) is 0 Å². The summed E-state index contributed by atoms with van der Waals surface area (Å²) in [6, 6.07) is 15.0. The first kappa shape index (κ1) is 14.7. The average molecular weight is 311 g/mol. The second kappa shape index (κ2) is 5.87. The Kier molecular flexibility index (Phi) is 3.92. The molecule has 0 fully saturated rings. The quantitative estimate of drug-likeness (QED) is 0.802. The van der Waals surface area contributed by atoms with E-state index in [2.05, 4.69) is 9.97 Å². The van der Waals surface area contributed by atoms with E-state index in [9.17, 15) is 5.11 Å². The van der Waals surface area contributed by atoms with Crippen molar-refractivity contribution in [2.24, 2.45) is 0 Å². The van der Waals surface area contributed by atoms with Crippen LogP contribution in [-0.4, -0.2) is 15.1 Å². The number of halogens is 1. The van der Waals surface area contributed by atoms with Crippen molar-refractivity contribution in [2.45, 2.75) is 12.5 Å². The van der Waals surface area contributed by atoms with Crippen LogP contribution in [0.2, 0.25) is 5.02 Å². The molecular weight excluding hydrogens is 296 g/mol. The Morgan fingerprint density at radius 1 is 0.909 bits per heavy atom. The zero-order chi connectivity index (χ0) is 15.6. The van der Waals surface area contributed by atoms with E-state index >= 15 is 0 Å². The van der Waals surface area contributed by atoms with Crippen molar-refractivity contribution in [3.63, 3.8) is 0 Å². The zero-order valence-corrected chi connectivity index (χ0v) is 12.8. The number of nitrogens with zero attached hydrogens (tertiary/aromatic N) is 2. The number of rotatable bonds is 3. The Hall–Kier alpha value is -2.23. The maximum atomic E-state index is 11.5. The van der Waals surface area contributed by atoms with Crippen LogP contribution in [0.25, 0.3) is 0 Å². The minimum absolute atomic E-state index is 0.495. The van der Waals surface area contributed by atoms with Gasteiger partial charge in [-0.1, -0.05) is 59.6 Å². The van der Waals surface area contributed by atoms with E-state index in [0.29, 0.717) is 16.1 Å². The van der Waals surface area contributed by atoms with Crippen molar-refractivity contribution in [1.82, 2.24) is 9.97 Å². The maximum absolute atomic E-state index is 11.5. The highest BCUT2D eigenvalue weighted by Gasteiger charge is 2.36. The highest BCUT2D eigenvalue weighted by atomic mass is 35.5. The molecule has 3 rings (SSSR count). The molecule has 1 aromatic heterocycles. The predicted octanol–water partition coefficient (Wildman–Crippen LogP) is 3.72. The predicted molar refractivity (Wildman–Crippen MR) is 86.8 cm³/mol. The van der Waals surface area contributed by atoms with Gasteiger partial charge in [-0.05, 0) is 18.6 Å². The normalized spacial score (nSPS) is 13.6. The van der Waals surface area contributed by atoms with Crippen molar-refractivity contribution in [1.29, 1.82) is 0 Å². The van der Waals surface area contributed by atoms with Crippen molar-refractivity contribution in [2.75, 3.05) is 0 Å². The number of aromatic nitrogens is 2. The first-order chi connectivity index (χ1) is 10.6. The van der Waals surface area contributed by atoms with Gasteiger partial charge in [0.25, 0.3) is 0 Å². The largest absolute Gasteiger partial charge is 0.376 e. The highest BCUT2D eigenvalue weighted by molar-refractivity contribution is 6.31. The van der Waals surface area contributed by atoms with Gasteiger partial charge in [0.05, 0.1) is 0 Å². The molecule has 0 saturated carbocycles. The molecule has 0 aliphatic carbocycles. The summed E-state index contributed by atoms with van der Waals surface area (Å²) in [7, 11) is 0. The van der Waals surface area contributed by atoms with E-state index in [-0.39, 0.29) is 0 Å². The lowest BCUT2D eigenvalue weighted by molar-refractivity contribution is 0.125. The van der Waals surface area contributed by atoms with Crippen LogP contribution in [0.4, 0.5) is 0 Å². The average Bonchev–Trinajstić information content (AvgIpc) is 2.56. The van der Waals surface area contributed by atoms with E-state index < -0.39 is 5.60 Å². The molecule has 0 amide bonds. The number of aryl methyl sites for hydroxylation is 1. The molecule has 1 N–H and O–H groups in total. The summed E-state index contributed by atoms with van der Waals surface area (Å²) in [6.07, 6.45) is 4.65. The van der Waals surface area contributed by atoms with Crippen LogP contribution < -0.4 is 0 Å². The molecule has 1 atom stereocenters. The molecule has 0 bridgehead atoms. The fraction of sp³-hybridized carbons (Fsp3) is 0.111. The van der Waals surface area contributed by atoms with Crippen molar-refractivity contribution in [3.8, 4) is 0 Å². The van der Waals surface area contributed by atoms with Crippen molar-refractivity contribution in [3.05, 3.63) is 94.5 Å². The summed E-state index contributed by atoms with van der Waals surface area (Å²) in [6.45, 7) is 2.00. The summed E-state index contributed by atoms with van der Waals surface area (Å²) in [4.78, 5) is 8.07. The molecule has 2 aromatic carbocycles. The zero-order valence-electron chi connectivity index (χ0n) is 12.1. The third kappa shape index (κ3) is 2.49. The summed E-state index contributed by atoms with van der Waals surface area (Å²) in [5, 5.41) is 12.0. The lowest BCUT2D eigenvalue weighted by atomic mass is 9.81. The van der Waals surface area contributed by atoms with Gasteiger partial charge in [-0.3, -0.25) is 0 Å². The molecule has 22 heavy (non-hydrogen) atoms. The number of aliphatic hydroxyl groups is 1. The highest BCUT2D eigenvalue weighted by Crippen LogP contribution is 2.39. The third-order valence-electron chi connectivity index (χ3n) is 3.71. The fourth-order valence-corrected chi connectivity index (χ4v) is 2.79. The van der Waals surface area contributed by atoms with Gasteiger partial charge in [-0.2, -0.15) is 0 Å². The molecule has 1 heterocycles. The third-order valence-corrected chi connectivity index (χ3v) is 4.04. The standard InChI is InChI=1S/C18H15ClN2O/c1-13-6-8-14(9-7-13)18(22,15-10-20-12-21-11-15)16-4-2-3-5-17(16)19/h2-12,22H,1H3.